The number of carbonyl (C=O) groups is 4. The highest BCUT2D eigenvalue weighted by Crippen LogP contribution is 2.11. The van der Waals surface area contributed by atoms with Gasteiger partial charge in [-0.05, 0) is 6.42 Å². The summed E-state index contributed by atoms with van der Waals surface area (Å²) < 4.78 is 4.75. The number of nitrogens with one attached hydrogen (secondary N) is 1. The number of hydrogen-bond donors (Lipinski definition) is 1. The normalized spacial score (nSPS) is 15.4. The summed E-state index contributed by atoms with van der Waals surface area (Å²) >= 11 is 0. The first kappa shape index (κ1) is 15.1. The van der Waals surface area contributed by atoms with Crippen LogP contribution in [0.1, 0.15) is 13.3 Å². The first-order valence-corrected chi connectivity index (χ1v) is 5.95. The van der Waals surface area contributed by atoms with Crippen molar-refractivity contribution in [2.45, 2.75) is 13.3 Å². The van der Waals surface area contributed by atoms with E-state index in [1.807, 2.05) is 0 Å². The number of imide groups is 2. The molecule has 1 N–H and O–H groups in total. The average Bonchev–Trinajstić information content (AvgIpc) is 2.57. The van der Waals surface area contributed by atoms with Gasteiger partial charge in [0.2, 0.25) is 5.91 Å². The SMILES string of the molecule is CCCN1C(=O)C(=O)N(CC(=O)NCCOC)C1=O. The second-order valence-electron chi connectivity index (χ2n) is 3.97. The second kappa shape index (κ2) is 6.83. The van der Waals surface area contributed by atoms with Crippen LogP contribution in [-0.2, 0) is 19.1 Å². The standard InChI is InChI=1S/C11H17N3O5/c1-3-5-13-9(16)10(17)14(11(13)18)7-8(15)12-4-6-19-2/h3-7H2,1-2H3,(H,12,15). The fourth-order valence-corrected chi connectivity index (χ4v) is 1.60. The Hall–Kier alpha value is -1.96. The summed E-state index contributed by atoms with van der Waals surface area (Å²) in [6.45, 7) is 2.11. The summed E-state index contributed by atoms with van der Waals surface area (Å²) in [7, 11) is 1.49. The molecule has 0 aliphatic carbocycles. The van der Waals surface area contributed by atoms with Crippen molar-refractivity contribution in [1.82, 2.24) is 15.1 Å². The molecule has 106 valence electrons. The highest BCUT2D eigenvalue weighted by Gasteiger charge is 2.44. The maximum atomic E-state index is 11.8. The monoisotopic (exact) mass is 271 g/mol. The molecule has 1 fully saturated rings. The lowest BCUT2D eigenvalue weighted by atomic mass is 10.4. The lowest BCUT2D eigenvalue weighted by molar-refractivity contribution is -0.144. The number of rotatable bonds is 7. The zero-order valence-corrected chi connectivity index (χ0v) is 11.0. The van der Waals surface area contributed by atoms with Crippen molar-refractivity contribution in [1.29, 1.82) is 0 Å². The van der Waals surface area contributed by atoms with Crippen LogP contribution in [0.4, 0.5) is 4.79 Å². The van der Waals surface area contributed by atoms with Gasteiger partial charge in [0, 0.05) is 20.2 Å². The molecule has 1 heterocycles. The summed E-state index contributed by atoms with van der Waals surface area (Å²) in [6.07, 6.45) is 0.554. The number of nitrogens with zero attached hydrogens (tertiary/aromatic N) is 2. The molecule has 0 unspecified atom stereocenters. The third kappa shape index (κ3) is 3.50. The molecule has 8 heteroatoms. The maximum Gasteiger partial charge on any atom is 0.334 e. The largest absolute Gasteiger partial charge is 0.383 e. The van der Waals surface area contributed by atoms with E-state index in [1.54, 1.807) is 6.92 Å². The van der Waals surface area contributed by atoms with Crippen LogP contribution < -0.4 is 5.32 Å². The van der Waals surface area contributed by atoms with Crippen LogP contribution in [0, 0.1) is 0 Å². The van der Waals surface area contributed by atoms with E-state index in [9.17, 15) is 19.2 Å². The summed E-state index contributed by atoms with van der Waals surface area (Å²) in [5.74, 6) is -2.35. The van der Waals surface area contributed by atoms with Gasteiger partial charge < -0.3 is 10.1 Å². The summed E-state index contributed by atoms with van der Waals surface area (Å²) in [4.78, 5) is 47.9. The van der Waals surface area contributed by atoms with Crippen molar-refractivity contribution in [3.63, 3.8) is 0 Å². The predicted octanol–water partition coefficient (Wildman–Crippen LogP) is -1.05. The van der Waals surface area contributed by atoms with Crippen LogP contribution >= 0.6 is 0 Å². The molecule has 1 saturated heterocycles. The quantitative estimate of drug-likeness (QED) is 0.362. The molecule has 1 aliphatic heterocycles. The average molecular weight is 271 g/mol. The zero-order valence-electron chi connectivity index (χ0n) is 11.0. The molecule has 1 rings (SSSR count). The maximum absolute atomic E-state index is 11.8. The number of carbonyl (C=O) groups excluding carboxylic acids is 4. The number of methoxy groups -OCH3 is 1. The zero-order chi connectivity index (χ0) is 14.4. The highest BCUT2D eigenvalue weighted by molar-refractivity contribution is 6.45. The molecule has 8 nitrogen and oxygen atoms in total. The van der Waals surface area contributed by atoms with Gasteiger partial charge in [-0.3, -0.25) is 19.3 Å². The van der Waals surface area contributed by atoms with Gasteiger partial charge in [0.1, 0.15) is 6.54 Å². The molecule has 0 bridgehead atoms. The fourth-order valence-electron chi connectivity index (χ4n) is 1.60. The Morgan fingerprint density at radius 2 is 1.84 bits per heavy atom. The van der Waals surface area contributed by atoms with Gasteiger partial charge in [-0.25, -0.2) is 9.69 Å². The molecular weight excluding hydrogens is 254 g/mol. The molecule has 0 radical (unpaired) electrons. The van der Waals surface area contributed by atoms with Gasteiger partial charge >= 0.3 is 17.8 Å². The smallest absolute Gasteiger partial charge is 0.334 e. The number of hydrogen-bond acceptors (Lipinski definition) is 5. The molecule has 0 aromatic carbocycles. The Morgan fingerprint density at radius 1 is 1.21 bits per heavy atom. The van der Waals surface area contributed by atoms with Crippen molar-refractivity contribution in [2.75, 3.05) is 33.4 Å². The molecule has 0 saturated carbocycles. The summed E-state index contributed by atoms with van der Waals surface area (Å²) in [6, 6.07) is -0.737. The van der Waals surface area contributed by atoms with E-state index >= 15 is 0 Å². The minimum absolute atomic E-state index is 0.172. The van der Waals surface area contributed by atoms with Crippen LogP contribution in [0.5, 0.6) is 0 Å². The number of urea groups is 1. The Kier molecular flexibility index (Phi) is 5.43. The van der Waals surface area contributed by atoms with Crippen LogP contribution in [0.25, 0.3) is 0 Å². The second-order valence-corrected chi connectivity index (χ2v) is 3.97. The van der Waals surface area contributed by atoms with E-state index in [2.05, 4.69) is 5.32 Å². The summed E-state index contributed by atoms with van der Waals surface area (Å²) in [5.41, 5.74) is 0. The third-order valence-electron chi connectivity index (χ3n) is 2.51. The third-order valence-corrected chi connectivity index (χ3v) is 2.51. The molecule has 1 aliphatic rings. The van der Waals surface area contributed by atoms with E-state index < -0.39 is 30.3 Å². The highest BCUT2D eigenvalue weighted by atomic mass is 16.5. The van der Waals surface area contributed by atoms with Crippen LogP contribution in [-0.4, -0.2) is 66.9 Å². The van der Waals surface area contributed by atoms with E-state index in [4.69, 9.17) is 4.74 Å². The van der Waals surface area contributed by atoms with Gasteiger partial charge in [0.15, 0.2) is 0 Å². The molecule has 0 aromatic rings. The van der Waals surface area contributed by atoms with Crippen molar-refractivity contribution in [3.8, 4) is 0 Å². The molecule has 19 heavy (non-hydrogen) atoms. The lowest BCUT2D eigenvalue weighted by Crippen LogP contribution is -2.42. The Balaban J connectivity index is 2.58. The Labute approximate surface area is 110 Å². The van der Waals surface area contributed by atoms with Gasteiger partial charge in [-0.2, -0.15) is 0 Å². The molecule has 0 spiro atoms. The first-order chi connectivity index (χ1) is 9.02. The van der Waals surface area contributed by atoms with Crippen LogP contribution in [0.3, 0.4) is 0 Å². The fraction of sp³-hybridized carbons (Fsp3) is 0.636. The summed E-state index contributed by atoms with van der Waals surface area (Å²) in [5, 5.41) is 2.47. The van der Waals surface area contributed by atoms with E-state index in [0.717, 1.165) is 4.90 Å². The minimum Gasteiger partial charge on any atom is -0.383 e. The van der Waals surface area contributed by atoms with E-state index in [1.165, 1.54) is 7.11 Å². The molecule has 5 amide bonds. The van der Waals surface area contributed by atoms with Crippen molar-refractivity contribution >= 4 is 23.8 Å². The number of amides is 5. The van der Waals surface area contributed by atoms with Crippen molar-refractivity contribution in [3.05, 3.63) is 0 Å². The minimum atomic E-state index is -0.958. The van der Waals surface area contributed by atoms with Crippen LogP contribution in [0.2, 0.25) is 0 Å². The van der Waals surface area contributed by atoms with Crippen LogP contribution in [0.15, 0.2) is 0 Å². The van der Waals surface area contributed by atoms with Gasteiger partial charge in [0.05, 0.1) is 6.61 Å². The topological polar surface area (TPSA) is 96.0 Å². The molecule has 0 atom stereocenters. The predicted molar refractivity (Wildman–Crippen MR) is 64.0 cm³/mol. The first-order valence-electron chi connectivity index (χ1n) is 5.95. The van der Waals surface area contributed by atoms with Gasteiger partial charge in [-0.15, -0.1) is 0 Å². The lowest BCUT2D eigenvalue weighted by Gasteiger charge is -2.14. The molecule has 0 aromatic heterocycles. The van der Waals surface area contributed by atoms with E-state index in [0.29, 0.717) is 17.9 Å². The number of ether oxygens (including phenoxy) is 1. The van der Waals surface area contributed by atoms with Crippen molar-refractivity contribution < 1.29 is 23.9 Å². The molecular formula is C11H17N3O5. The Bertz CT molecular complexity index is 396. The van der Waals surface area contributed by atoms with Gasteiger partial charge in [-0.1, -0.05) is 6.92 Å². The van der Waals surface area contributed by atoms with E-state index in [-0.39, 0.29) is 13.1 Å². The Morgan fingerprint density at radius 3 is 2.42 bits per heavy atom. The van der Waals surface area contributed by atoms with Crippen molar-refractivity contribution in [2.24, 2.45) is 0 Å². The van der Waals surface area contributed by atoms with Gasteiger partial charge in [0.25, 0.3) is 0 Å².